The largest absolute Gasteiger partial charge is 0.480 e. The van der Waals surface area contributed by atoms with E-state index >= 15 is 0 Å². The van der Waals surface area contributed by atoms with Gasteiger partial charge in [0, 0.05) is 10.9 Å². The van der Waals surface area contributed by atoms with Crippen LogP contribution in [0.15, 0.2) is 22.7 Å². The summed E-state index contributed by atoms with van der Waals surface area (Å²) in [5.74, 6) is -1.21. The van der Waals surface area contributed by atoms with Gasteiger partial charge in [-0.1, -0.05) is 15.9 Å². The number of carboxylic acid groups (broad SMARTS) is 1. The summed E-state index contributed by atoms with van der Waals surface area (Å²) >= 11 is 3.32. The number of halogens is 2. The minimum Gasteiger partial charge on any atom is -0.480 e. The molecular weight excluding hydrogens is 289 g/mol. The maximum absolute atomic E-state index is 13.2. The summed E-state index contributed by atoms with van der Waals surface area (Å²) in [5.41, 5.74) is -0.266. The molecule has 0 saturated carbocycles. The fraction of sp³-hybridized carbons (Fsp3) is 0.417. The zero-order chi connectivity index (χ0) is 12.5. The Morgan fingerprint density at radius 3 is 2.94 bits per heavy atom. The normalized spacial score (nSPS) is 23.9. The second-order valence-corrected chi connectivity index (χ2v) is 5.18. The van der Waals surface area contributed by atoms with Gasteiger partial charge in [-0.05, 0) is 43.1 Å². The lowest BCUT2D eigenvalue weighted by Gasteiger charge is -2.25. The van der Waals surface area contributed by atoms with E-state index < -0.39 is 11.5 Å². The van der Waals surface area contributed by atoms with E-state index in [-0.39, 0.29) is 5.82 Å². The fourth-order valence-corrected chi connectivity index (χ4v) is 2.61. The molecule has 2 rings (SSSR count). The van der Waals surface area contributed by atoms with E-state index in [4.69, 9.17) is 0 Å². The first kappa shape index (κ1) is 12.5. The van der Waals surface area contributed by atoms with Crippen molar-refractivity contribution in [3.63, 3.8) is 0 Å². The Labute approximate surface area is 107 Å². The average molecular weight is 302 g/mol. The van der Waals surface area contributed by atoms with Crippen LogP contribution in [0, 0.1) is 5.82 Å². The second kappa shape index (κ2) is 4.74. The summed E-state index contributed by atoms with van der Waals surface area (Å²) in [5, 5.41) is 12.3. The number of aliphatic carboxylic acids is 1. The van der Waals surface area contributed by atoms with Gasteiger partial charge in [-0.2, -0.15) is 0 Å². The van der Waals surface area contributed by atoms with Gasteiger partial charge in [-0.25, -0.2) is 4.39 Å². The number of hydrogen-bond acceptors (Lipinski definition) is 2. The predicted molar refractivity (Wildman–Crippen MR) is 65.4 cm³/mol. The van der Waals surface area contributed by atoms with Crippen LogP contribution in [0.1, 0.15) is 18.4 Å². The molecule has 92 valence electrons. The molecule has 0 bridgehead atoms. The van der Waals surface area contributed by atoms with Crippen molar-refractivity contribution in [3.05, 3.63) is 34.1 Å². The number of carbonyl (C=O) groups is 1. The molecule has 1 aliphatic heterocycles. The van der Waals surface area contributed by atoms with E-state index in [0.717, 1.165) is 10.9 Å². The van der Waals surface area contributed by atoms with Gasteiger partial charge < -0.3 is 10.4 Å². The minimum atomic E-state index is -0.948. The van der Waals surface area contributed by atoms with Crippen molar-refractivity contribution in [2.75, 3.05) is 6.54 Å². The monoisotopic (exact) mass is 301 g/mol. The van der Waals surface area contributed by atoms with Gasteiger partial charge in [0.25, 0.3) is 0 Å². The first-order chi connectivity index (χ1) is 8.03. The number of hydrogen-bond donors (Lipinski definition) is 2. The van der Waals surface area contributed by atoms with Crippen LogP contribution in [-0.2, 0) is 11.2 Å². The summed E-state index contributed by atoms with van der Waals surface area (Å²) in [6.45, 7) is 0.694. The van der Waals surface area contributed by atoms with E-state index in [2.05, 4.69) is 21.2 Å². The molecule has 0 aliphatic carbocycles. The Balaban J connectivity index is 2.29. The van der Waals surface area contributed by atoms with Crippen molar-refractivity contribution >= 4 is 21.9 Å². The zero-order valence-electron chi connectivity index (χ0n) is 9.17. The van der Waals surface area contributed by atoms with Gasteiger partial charge in [-0.3, -0.25) is 4.79 Å². The first-order valence-corrected chi connectivity index (χ1v) is 6.25. The predicted octanol–water partition coefficient (Wildman–Crippen LogP) is 2.34. The van der Waals surface area contributed by atoms with Gasteiger partial charge in [0.05, 0.1) is 0 Å². The van der Waals surface area contributed by atoms with Crippen LogP contribution in [0.4, 0.5) is 4.39 Å². The highest BCUT2D eigenvalue weighted by Crippen LogP contribution is 2.28. The lowest BCUT2D eigenvalue weighted by Crippen LogP contribution is -2.49. The Morgan fingerprint density at radius 2 is 2.35 bits per heavy atom. The summed E-state index contributed by atoms with van der Waals surface area (Å²) in [6.07, 6.45) is 1.70. The third-order valence-corrected chi connectivity index (χ3v) is 3.93. The van der Waals surface area contributed by atoms with Crippen molar-refractivity contribution in [1.29, 1.82) is 0 Å². The average Bonchev–Trinajstić information content (AvgIpc) is 2.73. The molecule has 3 nitrogen and oxygen atoms in total. The van der Waals surface area contributed by atoms with E-state index in [0.29, 0.717) is 24.9 Å². The molecule has 1 aromatic rings. The molecule has 0 spiro atoms. The molecule has 1 saturated heterocycles. The molecule has 2 N–H and O–H groups in total. The van der Waals surface area contributed by atoms with E-state index in [9.17, 15) is 14.3 Å². The van der Waals surface area contributed by atoms with Crippen molar-refractivity contribution in [2.45, 2.75) is 24.8 Å². The molecule has 1 heterocycles. The molecule has 0 aromatic heterocycles. The van der Waals surface area contributed by atoms with Gasteiger partial charge in [0.2, 0.25) is 0 Å². The third kappa shape index (κ3) is 2.50. The van der Waals surface area contributed by atoms with Crippen LogP contribution in [0.2, 0.25) is 0 Å². The molecular formula is C12H13BrFNO2. The van der Waals surface area contributed by atoms with Crippen LogP contribution in [-0.4, -0.2) is 23.2 Å². The molecule has 1 unspecified atom stereocenters. The van der Waals surface area contributed by atoms with Crippen LogP contribution >= 0.6 is 15.9 Å². The molecule has 1 aromatic carbocycles. The van der Waals surface area contributed by atoms with E-state index in [1.807, 2.05) is 0 Å². The van der Waals surface area contributed by atoms with Crippen LogP contribution in [0.5, 0.6) is 0 Å². The first-order valence-electron chi connectivity index (χ1n) is 5.46. The van der Waals surface area contributed by atoms with Crippen molar-refractivity contribution in [3.8, 4) is 0 Å². The fourth-order valence-electron chi connectivity index (χ4n) is 2.22. The maximum atomic E-state index is 13.2. The van der Waals surface area contributed by atoms with E-state index in [1.165, 1.54) is 12.1 Å². The lowest BCUT2D eigenvalue weighted by atomic mass is 9.89. The molecule has 1 fully saturated rings. The Hall–Kier alpha value is -0.940. The van der Waals surface area contributed by atoms with Crippen molar-refractivity contribution < 1.29 is 14.3 Å². The topological polar surface area (TPSA) is 49.3 Å². The second-order valence-electron chi connectivity index (χ2n) is 4.33. The van der Waals surface area contributed by atoms with Crippen LogP contribution in [0.25, 0.3) is 0 Å². The van der Waals surface area contributed by atoms with Crippen molar-refractivity contribution in [1.82, 2.24) is 5.32 Å². The summed E-state index contributed by atoms with van der Waals surface area (Å²) in [7, 11) is 0. The number of nitrogens with one attached hydrogen (secondary N) is 1. The molecule has 1 atom stereocenters. The highest BCUT2D eigenvalue weighted by atomic mass is 79.9. The van der Waals surface area contributed by atoms with Gasteiger partial charge in [0.15, 0.2) is 0 Å². The molecule has 0 radical (unpaired) electrons. The SMILES string of the molecule is O=C(O)C1(Cc2cc(F)ccc2Br)CCCN1. The van der Waals surface area contributed by atoms with Gasteiger partial charge >= 0.3 is 5.97 Å². The quantitative estimate of drug-likeness (QED) is 0.901. The summed E-state index contributed by atoms with van der Waals surface area (Å²) in [4.78, 5) is 11.4. The standard InChI is InChI=1S/C12H13BrFNO2/c13-10-3-2-9(14)6-8(10)7-12(11(16)17)4-1-5-15-12/h2-3,6,15H,1,4-5,7H2,(H,16,17). The van der Waals surface area contributed by atoms with Gasteiger partial charge in [-0.15, -0.1) is 0 Å². The number of carboxylic acids is 1. The third-order valence-electron chi connectivity index (χ3n) is 3.15. The molecule has 5 heteroatoms. The number of benzene rings is 1. The zero-order valence-corrected chi connectivity index (χ0v) is 10.8. The smallest absolute Gasteiger partial charge is 0.324 e. The summed E-state index contributed by atoms with van der Waals surface area (Å²) < 4.78 is 13.9. The Kier molecular flexibility index (Phi) is 3.49. The van der Waals surface area contributed by atoms with E-state index in [1.54, 1.807) is 6.07 Å². The molecule has 1 aliphatic rings. The van der Waals surface area contributed by atoms with Crippen LogP contribution in [0.3, 0.4) is 0 Å². The highest BCUT2D eigenvalue weighted by molar-refractivity contribution is 9.10. The maximum Gasteiger partial charge on any atom is 0.324 e. The Morgan fingerprint density at radius 1 is 1.59 bits per heavy atom. The van der Waals surface area contributed by atoms with Crippen molar-refractivity contribution in [2.24, 2.45) is 0 Å². The molecule has 17 heavy (non-hydrogen) atoms. The molecule has 0 amide bonds. The minimum absolute atomic E-state index is 0.292. The Bertz CT molecular complexity index is 444. The highest BCUT2D eigenvalue weighted by Gasteiger charge is 2.41. The number of rotatable bonds is 3. The van der Waals surface area contributed by atoms with Crippen LogP contribution < -0.4 is 5.32 Å². The lowest BCUT2D eigenvalue weighted by molar-refractivity contribution is -0.144. The van der Waals surface area contributed by atoms with Gasteiger partial charge in [0.1, 0.15) is 11.4 Å². The summed E-state index contributed by atoms with van der Waals surface area (Å²) in [6, 6.07) is 4.34.